The van der Waals surface area contributed by atoms with Gasteiger partial charge in [-0.1, -0.05) is 50.2 Å². The van der Waals surface area contributed by atoms with Crippen molar-refractivity contribution < 1.29 is 27.4 Å². The van der Waals surface area contributed by atoms with Gasteiger partial charge in [-0.15, -0.1) is 0 Å². The fourth-order valence-corrected chi connectivity index (χ4v) is 3.28. The van der Waals surface area contributed by atoms with Crippen LogP contribution in [-0.2, 0) is 22.9 Å². The van der Waals surface area contributed by atoms with Crippen molar-refractivity contribution in [2.24, 2.45) is 0 Å². The lowest BCUT2D eigenvalue weighted by Gasteiger charge is -2.27. The fourth-order valence-electron chi connectivity index (χ4n) is 3.28. The van der Waals surface area contributed by atoms with E-state index in [0.717, 1.165) is 17.4 Å². The standard InChI is InChI=1S/C26H27F3O3/c1-4-31-24-14-13-20(16-23(24)26(27,28)29)25(2,3)18-30-17-19-9-8-12-22(15-19)32-21-10-6-5-7-11-21/h5-16H,4,17-18H2,1-3H3. The van der Waals surface area contributed by atoms with Crippen LogP contribution in [0.1, 0.15) is 37.5 Å². The molecule has 0 N–H and O–H groups in total. The summed E-state index contributed by atoms with van der Waals surface area (Å²) < 4.78 is 57.3. The van der Waals surface area contributed by atoms with Crippen LogP contribution in [0, 0.1) is 0 Å². The molecule has 0 unspecified atom stereocenters. The average molecular weight is 444 g/mol. The summed E-state index contributed by atoms with van der Waals surface area (Å²) in [6, 6.07) is 21.2. The molecule has 0 aromatic heterocycles. The molecule has 0 amide bonds. The Morgan fingerprint density at radius 2 is 1.53 bits per heavy atom. The maximum absolute atomic E-state index is 13.5. The van der Waals surface area contributed by atoms with Crippen molar-refractivity contribution in [1.29, 1.82) is 0 Å². The van der Waals surface area contributed by atoms with Crippen molar-refractivity contribution in [1.82, 2.24) is 0 Å². The van der Waals surface area contributed by atoms with E-state index in [0.29, 0.717) is 17.9 Å². The largest absolute Gasteiger partial charge is 0.493 e. The molecule has 3 rings (SSSR count). The van der Waals surface area contributed by atoms with E-state index in [1.165, 1.54) is 6.07 Å². The van der Waals surface area contributed by atoms with Gasteiger partial charge in [0.05, 0.1) is 25.4 Å². The first kappa shape index (κ1) is 23.7. The SMILES string of the molecule is CCOc1ccc(C(C)(C)COCc2cccc(Oc3ccccc3)c2)cc1C(F)(F)F. The molecule has 3 aromatic rings. The second-order valence-corrected chi connectivity index (χ2v) is 8.08. The minimum absolute atomic E-state index is 0.157. The number of para-hydroxylation sites is 1. The first-order chi connectivity index (χ1) is 15.2. The Labute approximate surface area is 186 Å². The minimum atomic E-state index is -4.49. The maximum Gasteiger partial charge on any atom is 0.419 e. The van der Waals surface area contributed by atoms with Crippen LogP contribution in [0.3, 0.4) is 0 Å². The van der Waals surface area contributed by atoms with Gasteiger partial charge < -0.3 is 14.2 Å². The zero-order valence-electron chi connectivity index (χ0n) is 18.4. The fraction of sp³-hybridized carbons (Fsp3) is 0.308. The van der Waals surface area contributed by atoms with Gasteiger partial charge in [-0.25, -0.2) is 0 Å². The van der Waals surface area contributed by atoms with Gasteiger partial charge in [0.15, 0.2) is 0 Å². The molecule has 0 saturated carbocycles. The Morgan fingerprint density at radius 3 is 2.22 bits per heavy atom. The number of benzene rings is 3. The third-order valence-corrected chi connectivity index (χ3v) is 4.98. The molecule has 0 atom stereocenters. The van der Waals surface area contributed by atoms with E-state index in [1.54, 1.807) is 13.0 Å². The zero-order chi connectivity index (χ0) is 23.2. The highest BCUT2D eigenvalue weighted by atomic mass is 19.4. The Morgan fingerprint density at radius 1 is 0.812 bits per heavy atom. The van der Waals surface area contributed by atoms with Gasteiger partial charge in [0.1, 0.15) is 17.2 Å². The molecule has 0 bridgehead atoms. The van der Waals surface area contributed by atoms with Crippen LogP contribution in [0.4, 0.5) is 13.2 Å². The zero-order valence-corrected chi connectivity index (χ0v) is 18.4. The van der Waals surface area contributed by atoms with Gasteiger partial charge in [-0.3, -0.25) is 0 Å². The molecule has 0 aliphatic rings. The lowest BCUT2D eigenvalue weighted by molar-refractivity contribution is -0.139. The van der Waals surface area contributed by atoms with E-state index in [1.807, 2.05) is 68.4 Å². The minimum Gasteiger partial charge on any atom is -0.493 e. The molecule has 0 spiro atoms. The van der Waals surface area contributed by atoms with Gasteiger partial charge in [0.25, 0.3) is 0 Å². The van der Waals surface area contributed by atoms with Crippen LogP contribution < -0.4 is 9.47 Å². The van der Waals surface area contributed by atoms with Gasteiger partial charge in [-0.2, -0.15) is 13.2 Å². The van der Waals surface area contributed by atoms with E-state index in [-0.39, 0.29) is 19.0 Å². The van der Waals surface area contributed by atoms with Crippen LogP contribution >= 0.6 is 0 Å². The average Bonchev–Trinajstić information content (AvgIpc) is 2.74. The normalized spacial score (nSPS) is 11.9. The van der Waals surface area contributed by atoms with Gasteiger partial charge in [-0.05, 0) is 54.4 Å². The number of hydrogen-bond donors (Lipinski definition) is 0. The van der Waals surface area contributed by atoms with Crippen molar-refractivity contribution >= 4 is 0 Å². The molecule has 0 radical (unpaired) electrons. The third-order valence-electron chi connectivity index (χ3n) is 4.98. The quantitative estimate of drug-likeness (QED) is 0.344. The molecular formula is C26H27F3O3. The molecular weight excluding hydrogens is 417 g/mol. The first-order valence-electron chi connectivity index (χ1n) is 10.4. The van der Waals surface area contributed by atoms with E-state index in [9.17, 15) is 13.2 Å². The van der Waals surface area contributed by atoms with Crippen molar-refractivity contribution in [3.05, 3.63) is 89.5 Å². The smallest absolute Gasteiger partial charge is 0.419 e. The third kappa shape index (κ3) is 6.26. The van der Waals surface area contributed by atoms with Gasteiger partial charge >= 0.3 is 6.18 Å². The number of hydrogen-bond acceptors (Lipinski definition) is 3. The second kappa shape index (κ2) is 10.1. The summed E-state index contributed by atoms with van der Waals surface area (Å²) in [5, 5.41) is 0. The lowest BCUT2D eigenvalue weighted by Crippen LogP contribution is -2.25. The van der Waals surface area contributed by atoms with E-state index in [2.05, 4.69) is 0 Å². The van der Waals surface area contributed by atoms with Crippen LogP contribution in [0.2, 0.25) is 0 Å². The number of halogens is 3. The number of alkyl halides is 3. The topological polar surface area (TPSA) is 27.7 Å². The highest BCUT2D eigenvalue weighted by Crippen LogP contribution is 2.39. The highest BCUT2D eigenvalue weighted by Gasteiger charge is 2.36. The molecule has 0 aliphatic heterocycles. The summed E-state index contributed by atoms with van der Waals surface area (Å²) in [4.78, 5) is 0. The maximum atomic E-state index is 13.5. The monoisotopic (exact) mass is 444 g/mol. The summed E-state index contributed by atoms with van der Waals surface area (Å²) in [5.41, 5.74) is 0.0603. The molecule has 0 aliphatic carbocycles. The molecule has 3 aromatic carbocycles. The summed E-state index contributed by atoms with van der Waals surface area (Å²) in [5.74, 6) is 1.27. The van der Waals surface area contributed by atoms with Crippen molar-refractivity contribution in [3.8, 4) is 17.2 Å². The van der Waals surface area contributed by atoms with E-state index < -0.39 is 17.2 Å². The van der Waals surface area contributed by atoms with Crippen LogP contribution in [0.5, 0.6) is 17.2 Å². The molecule has 32 heavy (non-hydrogen) atoms. The van der Waals surface area contributed by atoms with Gasteiger partial charge in [0.2, 0.25) is 0 Å². The Bertz CT molecular complexity index is 1010. The predicted octanol–water partition coefficient (Wildman–Crippen LogP) is 7.39. The molecule has 6 heteroatoms. The van der Waals surface area contributed by atoms with Crippen LogP contribution in [0.15, 0.2) is 72.8 Å². The molecule has 3 nitrogen and oxygen atoms in total. The summed E-state index contributed by atoms with van der Waals surface area (Å²) >= 11 is 0. The summed E-state index contributed by atoms with van der Waals surface area (Å²) in [6.45, 7) is 6.11. The second-order valence-electron chi connectivity index (χ2n) is 8.08. The Kier molecular flexibility index (Phi) is 7.46. The highest BCUT2D eigenvalue weighted by molar-refractivity contribution is 5.42. The summed E-state index contributed by atoms with van der Waals surface area (Å²) in [7, 11) is 0. The van der Waals surface area contributed by atoms with Gasteiger partial charge in [0, 0.05) is 5.41 Å². The van der Waals surface area contributed by atoms with E-state index >= 15 is 0 Å². The van der Waals surface area contributed by atoms with Crippen LogP contribution in [-0.4, -0.2) is 13.2 Å². The molecule has 0 saturated heterocycles. The van der Waals surface area contributed by atoms with Crippen molar-refractivity contribution in [2.45, 2.75) is 39.0 Å². The predicted molar refractivity (Wildman–Crippen MR) is 118 cm³/mol. The van der Waals surface area contributed by atoms with Crippen LogP contribution in [0.25, 0.3) is 0 Å². The van der Waals surface area contributed by atoms with Crippen molar-refractivity contribution in [3.63, 3.8) is 0 Å². The number of rotatable bonds is 9. The summed E-state index contributed by atoms with van der Waals surface area (Å²) in [6.07, 6.45) is -4.49. The van der Waals surface area contributed by atoms with E-state index in [4.69, 9.17) is 14.2 Å². The van der Waals surface area contributed by atoms with Crippen molar-refractivity contribution in [2.75, 3.05) is 13.2 Å². The lowest BCUT2D eigenvalue weighted by atomic mass is 9.84. The molecule has 0 heterocycles. The Balaban J connectivity index is 1.66. The Hall–Kier alpha value is -2.99. The number of ether oxygens (including phenoxy) is 3. The molecule has 170 valence electrons. The molecule has 0 fully saturated rings. The first-order valence-corrected chi connectivity index (χ1v) is 10.4.